The number of aliphatic hydroxyl groups is 1. The molecule has 0 fully saturated rings. The first-order valence-corrected chi connectivity index (χ1v) is 5.75. The smallest absolute Gasteiger partial charge is 0.135 e. The Morgan fingerprint density at radius 3 is 2.88 bits per heavy atom. The van der Waals surface area contributed by atoms with Crippen LogP contribution in [0.15, 0.2) is 35.5 Å². The fourth-order valence-corrected chi connectivity index (χ4v) is 1.83. The van der Waals surface area contributed by atoms with Gasteiger partial charge in [0.05, 0.1) is 11.8 Å². The number of hydrogen-bond donors (Lipinski definition) is 1. The fourth-order valence-electron chi connectivity index (χ4n) is 1.83. The van der Waals surface area contributed by atoms with E-state index in [1.807, 2.05) is 37.3 Å². The van der Waals surface area contributed by atoms with Gasteiger partial charge in [0.2, 0.25) is 0 Å². The first-order chi connectivity index (χ1) is 7.79. The number of aliphatic hydroxyl groups excluding tert-OH is 1. The molecule has 0 aliphatic carbocycles. The summed E-state index contributed by atoms with van der Waals surface area (Å²) in [6.45, 7) is 1.97. The maximum atomic E-state index is 9.54. The van der Waals surface area contributed by atoms with Crippen molar-refractivity contribution in [3.63, 3.8) is 0 Å². The lowest BCUT2D eigenvalue weighted by molar-refractivity contribution is 0.0357. The van der Waals surface area contributed by atoms with Crippen LogP contribution in [0, 0.1) is 0 Å². The second-order valence-electron chi connectivity index (χ2n) is 4.13. The zero-order valence-electron chi connectivity index (χ0n) is 9.47. The third kappa shape index (κ3) is 2.61. The Bertz CT molecular complexity index is 361. The second-order valence-corrected chi connectivity index (χ2v) is 4.13. The summed E-state index contributed by atoms with van der Waals surface area (Å²) in [7, 11) is 0. The van der Waals surface area contributed by atoms with Crippen molar-refractivity contribution >= 4 is 5.71 Å². The zero-order valence-corrected chi connectivity index (χ0v) is 9.47. The molecule has 1 N–H and O–H groups in total. The molecule has 2 rings (SSSR count). The molecule has 1 aromatic carbocycles. The summed E-state index contributed by atoms with van der Waals surface area (Å²) in [5.74, 6) is 0. The van der Waals surface area contributed by atoms with Gasteiger partial charge in [-0.15, -0.1) is 0 Å². The van der Waals surface area contributed by atoms with E-state index in [4.69, 9.17) is 4.84 Å². The van der Waals surface area contributed by atoms with Crippen LogP contribution in [0.2, 0.25) is 0 Å². The molecule has 86 valence electrons. The normalized spacial score (nSPS) is 21.4. The third-order valence-corrected chi connectivity index (χ3v) is 2.85. The zero-order chi connectivity index (χ0) is 11.4. The highest BCUT2D eigenvalue weighted by molar-refractivity contribution is 6.01. The van der Waals surface area contributed by atoms with Gasteiger partial charge >= 0.3 is 0 Å². The van der Waals surface area contributed by atoms with Gasteiger partial charge in [0.15, 0.2) is 0 Å². The Kier molecular flexibility index (Phi) is 3.57. The molecular formula is C13H17NO2. The highest BCUT2D eigenvalue weighted by Gasteiger charge is 2.23. The Hall–Kier alpha value is -1.35. The minimum Gasteiger partial charge on any atom is -0.393 e. The molecule has 16 heavy (non-hydrogen) atoms. The first-order valence-electron chi connectivity index (χ1n) is 5.75. The molecule has 1 aliphatic rings. The van der Waals surface area contributed by atoms with Crippen LogP contribution in [0.5, 0.6) is 0 Å². The Morgan fingerprint density at radius 1 is 1.44 bits per heavy atom. The summed E-state index contributed by atoms with van der Waals surface area (Å²) in [5, 5.41) is 13.6. The number of hydrogen-bond acceptors (Lipinski definition) is 3. The van der Waals surface area contributed by atoms with Gasteiger partial charge in [-0.2, -0.15) is 0 Å². The second kappa shape index (κ2) is 5.12. The summed E-state index contributed by atoms with van der Waals surface area (Å²) in [5.41, 5.74) is 2.09. The minimum atomic E-state index is -0.282. The van der Waals surface area contributed by atoms with Crippen molar-refractivity contribution in [2.24, 2.45) is 5.16 Å². The number of oxime groups is 1. The molecule has 0 aromatic heterocycles. The number of rotatable bonds is 4. The van der Waals surface area contributed by atoms with E-state index in [9.17, 15) is 5.11 Å². The largest absolute Gasteiger partial charge is 0.393 e. The maximum absolute atomic E-state index is 9.54. The quantitative estimate of drug-likeness (QED) is 0.844. The van der Waals surface area contributed by atoms with E-state index >= 15 is 0 Å². The van der Waals surface area contributed by atoms with Gasteiger partial charge in [-0.05, 0) is 12.0 Å². The van der Waals surface area contributed by atoms with Gasteiger partial charge in [0, 0.05) is 12.8 Å². The maximum Gasteiger partial charge on any atom is 0.135 e. The summed E-state index contributed by atoms with van der Waals surface area (Å²) in [4.78, 5) is 5.32. The lowest BCUT2D eigenvalue weighted by Gasteiger charge is -2.11. The Labute approximate surface area is 95.7 Å². The lowest BCUT2D eigenvalue weighted by Crippen LogP contribution is -2.17. The average molecular weight is 219 g/mol. The Balaban J connectivity index is 1.93. The standard InChI is InChI=1S/C13H17NO2/c1-2-11(15)8-12-9-13(14-16-12)10-6-4-3-5-7-10/h3-7,11-12,15H,2,8-9H2,1H3. The van der Waals surface area contributed by atoms with Crippen molar-refractivity contribution < 1.29 is 9.94 Å². The molecule has 1 heterocycles. The van der Waals surface area contributed by atoms with Crippen molar-refractivity contribution in [2.45, 2.75) is 38.4 Å². The van der Waals surface area contributed by atoms with Gasteiger partial charge in [-0.3, -0.25) is 0 Å². The van der Waals surface area contributed by atoms with E-state index in [1.54, 1.807) is 0 Å². The summed E-state index contributed by atoms with van der Waals surface area (Å²) in [6.07, 6.45) is 1.97. The molecule has 1 aliphatic heterocycles. The van der Waals surface area contributed by atoms with Crippen LogP contribution in [0.3, 0.4) is 0 Å². The van der Waals surface area contributed by atoms with Crippen molar-refractivity contribution in [2.75, 3.05) is 0 Å². The fraction of sp³-hybridized carbons (Fsp3) is 0.462. The van der Waals surface area contributed by atoms with E-state index in [0.29, 0.717) is 6.42 Å². The van der Waals surface area contributed by atoms with Crippen LogP contribution in [0.25, 0.3) is 0 Å². The van der Waals surface area contributed by atoms with Crippen LogP contribution in [0.4, 0.5) is 0 Å². The molecule has 3 nitrogen and oxygen atoms in total. The molecule has 0 radical (unpaired) electrons. The average Bonchev–Trinajstić information content (AvgIpc) is 2.78. The van der Waals surface area contributed by atoms with E-state index in [2.05, 4.69) is 5.16 Å². The molecule has 2 unspecified atom stereocenters. The van der Waals surface area contributed by atoms with Gasteiger partial charge in [-0.25, -0.2) is 0 Å². The molecule has 0 spiro atoms. The predicted molar refractivity (Wildman–Crippen MR) is 63.4 cm³/mol. The van der Waals surface area contributed by atoms with E-state index in [0.717, 1.165) is 24.1 Å². The van der Waals surface area contributed by atoms with E-state index in [-0.39, 0.29) is 12.2 Å². The van der Waals surface area contributed by atoms with Crippen molar-refractivity contribution in [3.8, 4) is 0 Å². The third-order valence-electron chi connectivity index (χ3n) is 2.85. The van der Waals surface area contributed by atoms with Gasteiger partial charge in [0.25, 0.3) is 0 Å². The molecule has 0 saturated heterocycles. The van der Waals surface area contributed by atoms with Gasteiger partial charge < -0.3 is 9.94 Å². The number of benzene rings is 1. The van der Waals surface area contributed by atoms with Crippen LogP contribution >= 0.6 is 0 Å². The van der Waals surface area contributed by atoms with Crippen LogP contribution in [0.1, 0.15) is 31.7 Å². The van der Waals surface area contributed by atoms with Crippen LogP contribution in [-0.2, 0) is 4.84 Å². The summed E-state index contributed by atoms with van der Waals surface area (Å²) >= 11 is 0. The molecular weight excluding hydrogens is 202 g/mol. The molecule has 0 bridgehead atoms. The van der Waals surface area contributed by atoms with Crippen molar-refractivity contribution in [1.29, 1.82) is 0 Å². The molecule has 0 amide bonds. The molecule has 0 saturated carbocycles. The highest BCUT2D eigenvalue weighted by atomic mass is 16.6. The topological polar surface area (TPSA) is 41.8 Å². The van der Waals surface area contributed by atoms with Gasteiger partial charge in [0.1, 0.15) is 6.10 Å². The van der Waals surface area contributed by atoms with Crippen molar-refractivity contribution in [1.82, 2.24) is 0 Å². The summed E-state index contributed by atoms with van der Waals surface area (Å²) in [6, 6.07) is 10.0. The Morgan fingerprint density at radius 2 is 2.19 bits per heavy atom. The monoisotopic (exact) mass is 219 g/mol. The minimum absolute atomic E-state index is 0.0326. The lowest BCUT2D eigenvalue weighted by atomic mass is 10.0. The van der Waals surface area contributed by atoms with Crippen LogP contribution in [-0.4, -0.2) is 23.0 Å². The first kappa shape index (κ1) is 11.1. The highest BCUT2D eigenvalue weighted by Crippen LogP contribution is 2.20. The van der Waals surface area contributed by atoms with E-state index < -0.39 is 0 Å². The molecule has 2 atom stereocenters. The van der Waals surface area contributed by atoms with Gasteiger partial charge in [-0.1, -0.05) is 42.4 Å². The SMILES string of the molecule is CCC(O)CC1CC(c2ccccc2)=NO1. The molecule has 3 heteroatoms. The van der Waals surface area contributed by atoms with E-state index in [1.165, 1.54) is 0 Å². The van der Waals surface area contributed by atoms with Crippen molar-refractivity contribution in [3.05, 3.63) is 35.9 Å². The van der Waals surface area contributed by atoms with Crippen LogP contribution < -0.4 is 0 Å². The summed E-state index contributed by atoms with van der Waals surface area (Å²) < 4.78 is 0. The number of nitrogens with zero attached hydrogens (tertiary/aromatic N) is 1. The molecule has 1 aromatic rings. The predicted octanol–water partition coefficient (Wildman–Crippen LogP) is 2.34.